The third-order valence-corrected chi connectivity index (χ3v) is 7.79. The van der Waals surface area contributed by atoms with Crippen molar-refractivity contribution in [2.24, 2.45) is 0 Å². The van der Waals surface area contributed by atoms with Crippen molar-refractivity contribution in [2.75, 3.05) is 45.8 Å². The molecule has 2 aromatic carbocycles. The highest BCUT2D eigenvalue weighted by atomic mass is 32.2. The second-order valence-electron chi connectivity index (χ2n) is 8.27. The van der Waals surface area contributed by atoms with Crippen LogP contribution < -0.4 is 28.6 Å². The van der Waals surface area contributed by atoms with Crippen LogP contribution >= 0.6 is 0 Å². The number of hydrogen-bond donors (Lipinski definition) is 1. The minimum Gasteiger partial charge on any atom is -0.497 e. The van der Waals surface area contributed by atoms with Crippen molar-refractivity contribution in [1.82, 2.24) is 5.32 Å². The highest BCUT2D eigenvalue weighted by Crippen LogP contribution is 2.37. The predicted octanol–water partition coefficient (Wildman–Crippen LogP) is 3.92. The summed E-state index contributed by atoms with van der Waals surface area (Å²) in [7, 11) is 1.58. The molecular weight excluding hydrogens is 484 g/mol. The summed E-state index contributed by atoms with van der Waals surface area (Å²) in [6.45, 7) is -0.0105. The van der Waals surface area contributed by atoms with Gasteiger partial charge in [-0.1, -0.05) is 11.6 Å². The van der Waals surface area contributed by atoms with Gasteiger partial charge in [-0.15, -0.1) is 0 Å². The van der Waals surface area contributed by atoms with E-state index in [-0.39, 0.29) is 22.1 Å². The number of rotatable bonds is 12. The van der Waals surface area contributed by atoms with Crippen LogP contribution in [0.5, 0.6) is 23.0 Å². The quantitative estimate of drug-likeness (QED) is 0.425. The fourth-order valence-corrected chi connectivity index (χ4v) is 5.52. The number of carbonyl (C=O) groups excluding carboxylic acids is 1. The van der Waals surface area contributed by atoms with Crippen LogP contribution in [0.1, 0.15) is 32.1 Å². The van der Waals surface area contributed by atoms with E-state index in [9.17, 15) is 13.2 Å². The number of methoxy groups -OCH3 is 4. The van der Waals surface area contributed by atoms with Crippen LogP contribution in [-0.2, 0) is 14.8 Å². The van der Waals surface area contributed by atoms with Crippen LogP contribution in [0.15, 0.2) is 52.9 Å². The monoisotopic (exact) mass is 518 g/mol. The van der Waals surface area contributed by atoms with Crippen LogP contribution in [0, 0.1) is 0 Å². The molecule has 1 aliphatic rings. The molecule has 1 N–H and O–H groups in total. The Bertz CT molecular complexity index is 1190. The van der Waals surface area contributed by atoms with Gasteiger partial charge in [0, 0.05) is 18.7 Å². The molecule has 1 aliphatic carbocycles. The molecule has 3 rings (SSSR count). The summed E-state index contributed by atoms with van der Waals surface area (Å²) < 4.78 is 50.0. The molecule has 0 spiro atoms. The molecule has 0 aliphatic heterocycles. The zero-order chi connectivity index (χ0) is 26.1. The average Bonchev–Trinajstić information content (AvgIpc) is 2.91. The maximum Gasteiger partial charge on any atom is 0.265 e. The number of nitrogens with zero attached hydrogens (tertiary/aromatic N) is 1. The molecule has 2 aromatic rings. The Kier molecular flexibility index (Phi) is 9.46. The largest absolute Gasteiger partial charge is 0.497 e. The van der Waals surface area contributed by atoms with Crippen molar-refractivity contribution in [1.29, 1.82) is 0 Å². The van der Waals surface area contributed by atoms with Gasteiger partial charge in [-0.2, -0.15) is 0 Å². The first-order valence-corrected chi connectivity index (χ1v) is 13.2. The Morgan fingerprint density at radius 1 is 0.917 bits per heavy atom. The number of allylic oxidation sites excluding steroid dienone is 1. The topological polar surface area (TPSA) is 103 Å². The van der Waals surface area contributed by atoms with Gasteiger partial charge in [-0.05, 0) is 56.4 Å². The van der Waals surface area contributed by atoms with Gasteiger partial charge in [0.25, 0.3) is 10.0 Å². The lowest BCUT2D eigenvalue weighted by Crippen LogP contribution is -2.41. The Hall–Kier alpha value is -3.40. The third kappa shape index (κ3) is 6.42. The second-order valence-corrected chi connectivity index (χ2v) is 10.1. The fourth-order valence-electron chi connectivity index (χ4n) is 4.08. The molecule has 0 saturated heterocycles. The highest BCUT2D eigenvalue weighted by molar-refractivity contribution is 7.92. The summed E-state index contributed by atoms with van der Waals surface area (Å²) in [5, 5.41) is 2.86. The van der Waals surface area contributed by atoms with Crippen LogP contribution in [0.3, 0.4) is 0 Å². The predicted molar refractivity (Wildman–Crippen MR) is 138 cm³/mol. The number of benzene rings is 2. The first-order valence-electron chi connectivity index (χ1n) is 11.8. The molecule has 0 aromatic heterocycles. The molecule has 0 fully saturated rings. The summed E-state index contributed by atoms with van der Waals surface area (Å²) in [6.07, 6.45) is 7.43. The van der Waals surface area contributed by atoms with E-state index < -0.39 is 22.5 Å². The Balaban J connectivity index is 1.94. The number of sulfonamides is 1. The van der Waals surface area contributed by atoms with Gasteiger partial charge in [0.2, 0.25) is 5.91 Å². The smallest absolute Gasteiger partial charge is 0.265 e. The molecule has 0 unspecified atom stereocenters. The zero-order valence-corrected chi connectivity index (χ0v) is 22.0. The molecule has 196 valence electrons. The summed E-state index contributed by atoms with van der Waals surface area (Å²) in [6, 6.07) is 9.05. The van der Waals surface area contributed by atoms with Crippen molar-refractivity contribution >= 4 is 21.6 Å². The molecule has 0 saturated carbocycles. The average molecular weight is 519 g/mol. The van der Waals surface area contributed by atoms with E-state index in [2.05, 4.69) is 11.4 Å². The molecule has 0 heterocycles. The van der Waals surface area contributed by atoms with E-state index in [1.165, 1.54) is 64.7 Å². The molecule has 9 nitrogen and oxygen atoms in total. The molecule has 0 radical (unpaired) electrons. The molecule has 1 amide bonds. The summed E-state index contributed by atoms with van der Waals surface area (Å²) in [4.78, 5) is 12.9. The van der Waals surface area contributed by atoms with E-state index in [0.717, 1.165) is 30.0 Å². The van der Waals surface area contributed by atoms with Crippen LogP contribution in [-0.4, -0.2) is 55.9 Å². The number of hydrogen-bond acceptors (Lipinski definition) is 7. The maximum absolute atomic E-state index is 13.9. The van der Waals surface area contributed by atoms with Crippen molar-refractivity contribution in [3.05, 3.63) is 48.0 Å². The summed E-state index contributed by atoms with van der Waals surface area (Å²) in [5.74, 6) is 0.904. The molecule has 0 atom stereocenters. The van der Waals surface area contributed by atoms with Crippen LogP contribution in [0.2, 0.25) is 0 Å². The summed E-state index contributed by atoms with van der Waals surface area (Å²) in [5.41, 5.74) is 1.50. The Morgan fingerprint density at radius 3 is 2.28 bits per heavy atom. The normalized spacial score (nSPS) is 13.4. The van der Waals surface area contributed by atoms with Crippen molar-refractivity contribution in [3.63, 3.8) is 0 Å². The van der Waals surface area contributed by atoms with Gasteiger partial charge in [0.05, 0.1) is 39.0 Å². The zero-order valence-electron chi connectivity index (χ0n) is 21.2. The Morgan fingerprint density at radius 2 is 1.64 bits per heavy atom. The first kappa shape index (κ1) is 27.2. The van der Waals surface area contributed by atoms with E-state index in [4.69, 9.17) is 18.9 Å². The standard InChI is InChI=1S/C26H34N2O7S/c1-32-20-10-12-23(33-2)22(16-20)28(18-26(29)27-15-14-19-8-6-5-7-9-19)36(30,31)21-11-13-24(34-3)25(17-21)35-4/h8,10-13,16-17H,5-7,9,14-15,18H2,1-4H3,(H,27,29). The highest BCUT2D eigenvalue weighted by Gasteiger charge is 2.31. The van der Waals surface area contributed by atoms with E-state index in [0.29, 0.717) is 18.0 Å². The van der Waals surface area contributed by atoms with Gasteiger partial charge in [0.1, 0.15) is 18.0 Å². The lowest BCUT2D eigenvalue weighted by Gasteiger charge is -2.26. The minimum absolute atomic E-state index is 0.0646. The van der Waals surface area contributed by atoms with E-state index >= 15 is 0 Å². The molecule has 10 heteroatoms. The van der Waals surface area contributed by atoms with Gasteiger partial charge in [-0.25, -0.2) is 8.42 Å². The number of amides is 1. The van der Waals surface area contributed by atoms with Gasteiger partial charge in [-0.3, -0.25) is 9.10 Å². The SMILES string of the molecule is COc1ccc(OC)c(N(CC(=O)NCCC2=CCCCC2)S(=O)(=O)c2ccc(OC)c(OC)c2)c1. The third-order valence-electron chi connectivity index (χ3n) is 6.04. The maximum atomic E-state index is 13.9. The van der Waals surface area contributed by atoms with E-state index in [1.807, 2.05) is 0 Å². The number of anilines is 1. The summed E-state index contributed by atoms with van der Waals surface area (Å²) >= 11 is 0. The van der Waals surface area contributed by atoms with Crippen molar-refractivity contribution < 1.29 is 32.2 Å². The molecular formula is C26H34N2O7S. The van der Waals surface area contributed by atoms with Crippen molar-refractivity contribution in [3.8, 4) is 23.0 Å². The van der Waals surface area contributed by atoms with Gasteiger partial charge >= 0.3 is 0 Å². The molecule has 0 bridgehead atoms. The fraction of sp³-hybridized carbons (Fsp3) is 0.423. The Labute approximate surface area is 213 Å². The second kappa shape index (κ2) is 12.5. The van der Waals surface area contributed by atoms with Gasteiger partial charge < -0.3 is 24.3 Å². The van der Waals surface area contributed by atoms with Crippen LogP contribution in [0.4, 0.5) is 5.69 Å². The number of carbonyl (C=O) groups is 1. The lowest BCUT2D eigenvalue weighted by molar-refractivity contribution is -0.119. The molecule has 36 heavy (non-hydrogen) atoms. The van der Waals surface area contributed by atoms with Crippen LogP contribution in [0.25, 0.3) is 0 Å². The number of nitrogens with one attached hydrogen (secondary N) is 1. The lowest BCUT2D eigenvalue weighted by atomic mass is 9.97. The number of ether oxygens (including phenoxy) is 4. The first-order chi connectivity index (χ1) is 17.3. The van der Waals surface area contributed by atoms with Gasteiger partial charge in [0.15, 0.2) is 11.5 Å². The minimum atomic E-state index is -4.22. The van der Waals surface area contributed by atoms with E-state index in [1.54, 1.807) is 12.1 Å². The van der Waals surface area contributed by atoms with Crippen molar-refractivity contribution in [2.45, 2.75) is 37.0 Å².